The summed E-state index contributed by atoms with van der Waals surface area (Å²) in [5, 5.41) is 0.969. The van der Waals surface area contributed by atoms with Crippen LogP contribution in [0.1, 0.15) is 0 Å². The van der Waals surface area contributed by atoms with Crippen LogP contribution in [-0.4, -0.2) is 26.8 Å². The second-order valence-electron chi connectivity index (χ2n) is 11.9. The Labute approximate surface area is 256 Å². The second kappa shape index (κ2) is 8.61. The highest BCUT2D eigenvalue weighted by atomic mass is 16.1. The first-order valence-corrected chi connectivity index (χ1v) is 15.1. The second-order valence-corrected chi connectivity index (χ2v) is 11.9. The minimum Gasteiger partial charge on any atom is -0.290 e. The van der Waals surface area contributed by atoms with E-state index in [4.69, 9.17) is 0 Å². The maximum Gasteiger partial charge on any atom is 0.340 e. The zero-order valence-electron chi connectivity index (χ0n) is 23.8. The molecule has 0 saturated carbocycles. The molecule has 0 fully saturated rings. The molecule has 0 saturated heterocycles. The predicted molar refractivity (Wildman–Crippen MR) is 184 cm³/mol. The van der Waals surface area contributed by atoms with Gasteiger partial charge in [-0.05, 0) is 35.2 Å². The Morgan fingerprint density at radius 3 is 1.33 bits per heavy atom. The Morgan fingerprint density at radius 2 is 0.867 bits per heavy atom. The Kier molecular flexibility index (Phi) is 4.70. The third kappa shape index (κ3) is 2.94. The standard InChI is InChI=1S/C37H21B2N3O3/c43-33-24-16-7-9-20-28(24)40-35-30(33)38(22-12-3-1-4-13-22)26-18-11-19-27-32(26)42(35)36-31(39(27)23-14-5-2-6-15-23)34(44)25-17-8-10-21-29(25)41(36)37(40)45/h1-21H. The molecule has 0 spiro atoms. The predicted octanol–water partition coefficient (Wildman–Crippen LogP) is 1.03. The van der Waals surface area contributed by atoms with Crippen molar-refractivity contribution in [1.82, 2.24) is 13.4 Å². The van der Waals surface area contributed by atoms with Gasteiger partial charge in [0.05, 0.1) is 11.0 Å². The van der Waals surface area contributed by atoms with Gasteiger partial charge in [0, 0.05) is 27.4 Å². The van der Waals surface area contributed by atoms with E-state index >= 15 is 4.79 Å². The van der Waals surface area contributed by atoms with E-state index < -0.39 is 13.4 Å². The number of hydrogen-bond donors (Lipinski definition) is 0. The van der Waals surface area contributed by atoms with E-state index in [1.54, 1.807) is 20.9 Å². The lowest BCUT2D eigenvalue weighted by molar-refractivity contribution is 0.901. The Bertz CT molecular complexity index is 2600. The van der Waals surface area contributed by atoms with Gasteiger partial charge < -0.3 is 0 Å². The van der Waals surface area contributed by atoms with Crippen LogP contribution in [0.5, 0.6) is 0 Å². The quantitative estimate of drug-likeness (QED) is 0.175. The first-order valence-electron chi connectivity index (χ1n) is 15.1. The molecule has 0 bridgehead atoms. The van der Waals surface area contributed by atoms with Crippen molar-refractivity contribution in [1.29, 1.82) is 0 Å². The molecule has 0 N–H and O–H groups in total. The van der Waals surface area contributed by atoms with Crippen molar-refractivity contribution in [3.63, 3.8) is 0 Å². The zero-order chi connectivity index (χ0) is 30.0. The molecule has 8 heteroatoms. The molecular formula is C37H21B2N3O3. The summed E-state index contributed by atoms with van der Waals surface area (Å²) >= 11 is 0. The normalized spacial score (nSPS) is 13.1. The van der Waals surface area contributed by atoms with E-state index in [1.165, 1.54) is 0 Å². The number of nitrogens with zero attached hydrogens (tertiary/aromatic N) is 3. The highest BCUT2D eigenvalue weighted by Gasteiger charge is 2.44. The van der Waals surface area contributed by atoms with Crippen LogP contribution in [0.2, 0.25) is 0 Å². The molecule has 2 aliphatic rings. The van der Waals surface area contributed by atoms with Gasteiger partial charge in [0.2, 0.25) is 0 Å². The van der Waals surface area contributed by atoms with Gasteiger partial charge in [-0.3, -0.25) is 14.2 Å². The molecule has 5 aromatic carbocycles. The van der Waals surface area contributed by atoms with Crippen molar-refractivity contribution in [2.75, 3.05) is 0 Å². The molecule has 208 valence electrons. The number of rotatable bonds is 2. The summed E-state index contributed by atoms with van der Waals surface area (Å²) < 4.78 is 5.42. The van der Waals surface area contributed by atoms with Crippen LogP contribution < -0.4 is 49.3 Å². The third-order valence-electron chi connectivity index (χ3n) is 9.77. The van der Waals surface area contributed by atoms with E-state index in [-0.39, 0.29) is 16.5 Å². The summed E-state index contributed by atoms with van der Waals surface area (Å²) in [6, 6.07) is 40.9. The van der Waals surface area contributed by atoms with Crippen LogP contribution in [0.15, 0.2) is 142 Å². The van der Waals surface area contributed by atoms with Crippen LogP contribution in [0.3, 0.4) is 0 Å². The first kappa shape index (κ1) is 24.5. The van der Waals surface area contributed by atoms with Crippen LogP contribution in [0.25, 0.3) is 38.8 Å². The van der Waals surface area contributed by atoms with E-state index in [1.807, 2.05) is 108 Å². The zero-order valence-corrected chi connectivity index (χ0v) is 23.8. The van der Waals surface area contributed by atoms with Crippen LogP contribution >= 0.6 is 0 Å². The van der Waals surface area contributed by atoms with Crippen LogP contribution in [0.4, 0.5) is 0 Å². The largest absolute Gasteiger partial charge is 0.340 e. The van der Waals surface area contributed by atoms with Crippen molar-refractivity contribution in [3.05, 3.63) is 158 Å². The Hall–Kier alpha value is -5.88. The Balaban J connectivity index is 1.59. The van der Waals surface area contributed by atoms with E-state index in [0.717, 1.165) is 27.5 Å². The fourth-order valence-electron chi connectivity index (χ4n) is 8.04. The minimum absolute atomic E-state index is 0.113. The molecular weight excluding hydrogens is 556 g/mol. The summed E-state index contributed by atoms with van der Waals surface area (Å²) in [7, 11) is 0. The summed E-state index contributed by atoms with van der Waals surface area (Å²) in [6.45, 7) is -0.833. The molecule has 0 atom stereocenters. The number of pyridine rings is 2. The number of para-hydroxylation sites is 3. The lowest BCUT2D eigenvalue weighted by atomic mass is 9.31. The van der Waals surface area contributed by atoms with Gasteiger partial charge in [-0.1, -0.05) is 114 Å². The lowest BCUT2D eigenvalue weighted by Gasteiger charge is -2.36. The number of hydrogen-bond acceptors (Lipinski definition) is 3. The summed E-state index contributed by atoms with van der Waals surface area (Å²) in [5.74, 6) is 0. The van der Waals surface area contributed by atoms with E-state index in [2.05, 4.69) is 12.1 Å². The molecule has 0 amide bonds. The average molecular weight is 577 g/mol. The van der Waals surface area contributed by atoms with E-state index in [9.17, 15) is 9.59 Å². The van der Waals surface area contributed by atoms with Gasteiger partial charge in [0.1, 0.15) is 11.3 Å². The molecule has 45 heavy (non-hydrogen) atoms. The van der Waals surface area contributed by atoms with Gasteiger partial charge >= 0.3 is 5.69 Å². The number of benzene rings is 5. The molecule has 5 heterocycles. The van der Waals surface area contributed by atoms with Crippen molar-refractivity contribution in [2.45, 2.75) is 0 Å². The lowest BCUT2D eigenvalue weighted by Crippen LogP contribution is -2.68. The highest BCUT2D eigenvalue weighted by Crippen LogP contribution is 2.25. The smallest absolute Gasteiger partial charge is 0.290 e. The van der Waals surface area contributed by atoms with Gasteiger partial charge in [-0.2, -0.15) is 0 Å². The molecule has 2 aliphatic heterocycles. The average Bonchev–Trinajstić information content (AvgIpc) is 3.09. The van der Waals surface area contributed by atoms with Crippen molar-refractivity contribution in [2.24, 2.45) is 0 Å². The summed E-state index contributed by atoms with van der Waals surface area (Å²) in [4.78, 5) is 44.4. The molecule has 8 aromatic rings. The molecule has 10 rings (SSSR count). The van der Waals surface area contributed by atoms with Crippen molar-refractivity contribution < 1.29 is 0 Å². The van der Waals surface area contributed by atoms with Gasteiger partial charge in [-0.15, -0.1) is 0 Å². The van der Waals surface area contributed by atoms with Gasteiger partial charge in [0.25, 0.3) is 13.4 Å². The molecule has 0 aliphatic carbocycles. The maximum atomic E-state index is 15.1. The Morgan fingerprint density at radius 1 is 0.444 bits per heavy atom. The summed E-state index contributed by atoms with van der Waals surface area (Å²) in [6.07, 6.45) is 0. The maximum absolute atomic E-state index is 15.1. The topological polar surface area (TPSA) is 65.0 Å². The molecule has 0 unspecified atom stereocenters. The SMILES string of the molecule is O=c1c2c3n4c5c(c(=O)c6ccccc6n5c(=O)n3c3ccccc13)B(c1ccccc1)c1cccc(c1-4)B2c1ccccc1. The third-order valence-corrected chi connectivity index (χ3v) is 9.77. The van der Waals surface area contributed by atoms with E-state index in [0.29, 0.717) is 44.0 Å². The molecule has 3 aromatic heterocycles. The summed E-state index contributed by atoms with van der Waals surface area (Å²) in [5.41, 5.74) is 7.44. The van der Waals surface area contributed by atoms with Crippen molar-refractivity contribution >= 4 is 79.3 Å². The van der Waals surface area contributed by atoms with Gasteiger partial charge in [-0.25, -0.2) is 13.6 Å². The van der Waals surface area contributed by atoms with Crippen LogP contribution in [-0.2, 0) is 0 Å². The molecule has 6 nitrogen and oxygen atoms in total. The number of aromatic nitrogens is 3. The molecule has 0 radical (unpaired) electrons. The minimum atomic E-state index is -0.416. The number of fused-ring (bicyclic) bond motifs is 4. The van der Waals surface area contributed by atoms with Crippen LogP contribution in [0, 0.1) is 0 Å². The highest BCUT2D eigenvalue weighted by molar-refractivity contribution is 7.01. The van der Waals surface area contributed by atoms with Gasteiger partial charge in [0.15, 0.2) is 10.9 Å². The van der Waals surface area contributed by atoms with Crippen molar-refractivity contribution in [3.8, 4) is 5.69 Å². The first-order chi connectivity index (χ1) is 22.1. The fraction of sp³-hybridized carbons (Fsp3) is 0. The fourth-order valence-corrected chi connectivity index (χ4v) is 8.04. The monoisotopic (exact) mass is 577 g/mol.